The van der Waals surface area contributed by atoms with Gasteiger partial charge in [-0.2, -0.15) is 0 Å². The summed E-state index contributed by atoms with van der Waals surface area (Å²) in [4.78, 5) is 5.00. The lowest BCUT2D eigenvalue weighted by Gasteiger charge is -2.47. The molecule has 1 nitrogen and oxygen atoms in total. The van der Waals surface area contributed by atoms with Gasteiger partial charge in [-0.15, -0.1) is 0 Å². The fourth-order valence-electron chi connectivity index (χ4n) is 8.65. The minimum absolute atomic E-state index is 0.164. The lowest BCUT2D eigenvalue weighted by Crippen LogP contribution is -2.40. The van der Waals surface area contributed by atoms with Crippen LogP contribution in [0, 0.1) is 6.92 Å². The molecule has 0 amide bonds. The Morgan fingerprint density at radius 2 is 1.00 bits per heavy atom. The Morgan fingerprint density at radius 3 is 1.63 bits per heavy atom. The van der Waals surface area contributed by atoms with Crippen LogP contribution in [0.4, 0.5) is 0 Å². The molecular formula is C40H37N. The molecule has 2 saturated carbocycles. The quantitative estimate of drug-likeness (QED) is 0.226. The third-order valence-electron chi connectivity index (χ3n) is 10.6. The zero-order valence-corrected chi connectivity index (χ0v) is 24.0. The second-order valence-electron chi connectivity index (χ2n) is 12.7. The van der Waals surface area contributed by atoms with E-state index < -0.39 is 0 Å². The highest BCUT2D eigenvalue weighted by atomic mass is 14.7. The van der Waals surface area contributed by atoms with E-state index in [0.717, 1.165) is 11.3 Å². The van der Waals surface area contributed by atoms with Crippen LogP contribution in [0.3, 0.4) is 0 Å². The summed E-state index contributed by atoms with van der Waals surface area (Å²) >= 11 is 0. The van der Waals surface area contributed by atoms with Crippen LogP contribution in [-0.2, 0) is 10.8 Å². The van der Waals surface area contributed by atoms with Crippen molar-refractivity contribution in [1.29, 1.82) is 0 Å². The third-order valence-corrected chi connectivity index (χ3v) is 10.6. The van der Waals surface area contributed by atoms with Crippen molar-refractivity contribution in [2.75, 3.05) is 0 Å². The van der Waals surface area contributed by atoms with Gasteiger partial charge in [0.2, 0.25) is 0 Å². The number of aromatic nitrogens is 1. The van der Waals surface area contributed by atoms with Crippen molar-refractivity contribution >= 4 is 0 Å². The Kier molecular flexibility index (Phi) is 5.78. The fourth-order valence-corrected chi connectivity index (χ4v) is 8.65. The number of fused-ring (bicyclic) bond motifs is 6. The Hall–Kier alpha value is -3.97. The summed E-state index contributed by atoms with van der Waals surface area (Å²) in [5.41, 5.74) is 15.4. The van der Waals surface area contributed by atoms with E-state index in [1.165, 1.54) is 79.2 Å². The number of hydrogen-bond donors (Lipinski definition) is 0. The molecule has 4 aromatic carbocycles. The normalized spacial score (nSPS) is 18.0. The summed E-state index contributed by atoms with van der Waals surface area (Å²) < 4.78 is 0. The monoisotopic (exact) mass is 531 g/mol. The van der Waals surface area contributed by atoms with Gasteiger partial charge in [0, 0.05) is 28.2 Å². The summed E-state index contributed by atoms with van der Waals surface area (Å²) in [6.07, 6.45) is 12.5. The van der Waals surface area contributed by atoms with Crippen molar-refractivity contribution in [1.82, 2.24) is 4.98 Å². The van der Waals surface area contributed by atoms with Gasteiger partial charge in [0.1, 0.15) is 0 Å². The molecule has 0 radical (unpaired) electrons. The van der Waals surface area contributed by atoms with Gasteiger partial charge in [0.15, 0.2) is 0 Å². The van der Waals surface area contributed by atoms with E-state index in [2.05, 4.69) is 116 Å². The van der Waals surface area contributed by atoms with Gasteiger partial charge < -0.3 is 0 Å². The maximum atomic E-state index is 5.00. The molecule has 0 unspecified atom stereocenters. The van der Waals surface area contributed by atoms with Crippen LogP contribution in [-0.4, -0.2) is 4.98 Å². The molecule has 1 heterocycles. The molecular weight excluding hydrogens is 494 g/mol. The minimum atomic E-state index is 0.164. The van der Waals surface area contributed by atoms with Gasteiger partial charge in [-0.3, -0.25) is 4.98 Å². The van der Waals surface area contributed by atoms with Gasteiger partial charge in [0.05, 0.1) is 5.69 Å². The lowest BCUT2D eigenvalue weighted by molar-refractivity contribution is 0.434. The minimum Gasteiger partial charge on any atom is -0.256 e. The molecule has 1 aromatic heterocycles. The van der Waals surface area contributed by atoms with Crippen molar-refractivity contribution in [2.45, 2.75) is 69.1 Å². The summed E-state index contributed by atoms with van der Waals surface area (Å²) in [5, 5.41) is 0. The van der Waals surface area contributed by atoms with Gasteiger partial charge >= 0.3 is 0 Å². The second kappa shape index (κ2) is 9.55. The molecule has 8 rings (SSSR count). The molecule has 3 aliphatic rings. The van der Waals surface area contributed by atoms with E-state index in [1.54, 1.807) is 22.3 Å². The molecule has 0 saturated heterocycles. The Balaban J connectivity index is 1.20. The largest absolute Gasteiger partial charge is 0.256 e. The zero-order valence-electron chi connectivity index (χ0n) is 24.0. The first-order chi connectivity index (χ1) is 20.2. The topological polar surface area (TPSA) is 12.9 Å². The Bertz CT molecular complexity index is 1730. The Labute approximate surface area is 244 Å². The smallest absolute Gasteiger partial charge is 0.0705 e. The average molecular weight is 532 g/mol. The van der Waals surface area contributed by atoms with Crippen molar-refractivity contribution in [2.24, 2.45) is 0 Å². The number of rotatable bonds is 3. The van der Waals surface area contributed by atoms with Crippen molar-refractivity contribution in [3.63, 3.8) is 0 Å². The summed E-state index contributed by atoms with van der Waals surface area (Å²) in [5.74, 6) is 0. The first-order valence-electron chi connectivity index (χ1n) is 15.6. The highest BCUT2D eigenvalue weighted by Crippen LogP contribution is 2.61. The fraction of sp³-hybridized carbons (Fsp3) is 0.275. The van der Waals surface area contributed by atoms with Gasteiger partial charge in [-0.1, -0.05) is 117 Å². The molecule has 2 spiro atoms. The van der Waals surface area contributed by atoms with Crippen LogP contribution in [0.5, 0.6) is 0 Å². The van der Waals surface area contributed by atoms with Crippen LogP contribution in [0.2, 0.25) is 0 Å². The van der Waals surface area contributed by atoms with E-state index in [9.17, 15) is 0 Å². The standard InChI is InChI=1S/C40H37N/c1-28-25-38(31-17-15-30(16-18-31)29-11-3-2-4-12-29)41-27-33(28)32-19-20-36-37(26-32)40(23-9-10-24-40)35-14-6-5-13-34(35)39(36)21-7-8-22-39/h2-6,11-20,25-27H,7-10,21-24H2,1H3. The van der Waals surface area contributed by atoms with Gasteiger partial charge in [-0.25, -0.2) is 0 Å². The average Bonchev–Trinajstić information content (AvgIpc) is 3.73. The number of nitrogens with zero attached hydrogens (tertiary/aromatic N) is 1. The molecule has 0 bridgehead atoms. The number of benzene rings is 4. The van der Waals surface area contributed by atoms with Gasteiger partial charge in [-0.05, 0) is 89.2 Å². The highest BCUT2D eigenvalue weighted by molar-refractivity contribution is 5.75. The van der Waals surface area contributed by atoms with Crippen LogP contribution in [0.25, 0.3) is 33.5 Å². The molecule has 41 heavy (non-hydrogen) atoms. The molecule has 0 N–H and O–H groups in total. The number of aryl methyl sites for hydroxylation is 1. The Morgan fingerprint density at radius 1 is 0.488 bits per heavy atom. The molecule has 202 valence electrons. The molecule has 2 fully saturated rings. The lowest BCUT2D eigenvalue weighted by atomic mass is 9.56. The predicted octanol–water partition coefficient (Wildman–Crippen LogP) is 10.4. The van der Waals surface area contributed by atoms with Crippen molar-refractivity contribution < 1.29 is 0 Å². The van der Waals surface area contributed by atoms with Crippen molar-refractivity contribution in [3.8, 4) is 33.5 Å². The zero-order chi connectivity index (χ0) is 27.4. The van der Waals surface area contributed by atoms with E-state index >= 15 is 0 Å². The summed E-state index contributed by atoms with van der Waals surface area (Å²) in [6, 6.07) is 38.7. The first-order valence-corrected chi connectivity index (χ1v) is 15.6. The van der Waals surface area contributed by atoms with Crippen LogP contribution < -0.4 is 0 Å². The molecule has 5 aromatic rings. The number of hydrogen-bond acceptors (Lipinski definition) is 1. The van der Waals surface area contributed by atoms with Gasteiger partial charge in [0.25, 0.3) is 0 Å². The number of pyridine rings is 1. The first kappa shape index (κ1) is 24.8. The predicted molar refractivity (Wildman–Crippen MR) is 170 cm³/mol. The maximum Gasteiger partial charge on any atom is 0.0705 e. The van der Waals surface area contributed by atoms with Crippen molar-refractivity contribution in [3.05, 3.63) is 137 Å². The maximum absolute atomic E-state index is 5.00. The van der Waals surface area contributed by atoms with Crippen LogP contribution >= 0.6 is 0 Å². The summed E-state index contributed by atoms with van der Waals surface area (Å²) in [6.45, 7) is 2.25. The third kappa shape index (κ3) is 3.78. The molecule has 0 atom stereocenters. The molecule has 3 aliphatic carbocycles. The highest BCUT2D eigenvalue weighted by Gasteiger charge is 2.52. The second-order valence-corrected chi connectivity index (χ2v) is 12.7. The summed E-state index contributed by atoms with van der Waals surface area (Å²) in [7, 11) is 0. The van der Waals surface area contributed by atoms with E-state index in [4.69, 9.17) is 4.98 Å². The SMILES string of the molecule is Cc1cc(-c2ccc(-c3ccccc3)cc2)ncc1-c1ccc2c(c1)C1(CCCC1)c1ccccc1C21CCCC1. The van der Waals surface area contributed by atoms with E-state index in [-0.39, 0.29) is 10.8 Å². The van der Waals surface area contributed by atoms with Crippen LogP contribution in [0.15, 0.2) is 109 Å². The molecule has 1 heteroatoms. The van der Waals surface area contributed by atoms with E-state index in [0.29, 0.717) is 0 Å². The van der Waals surface area contributed by atoms with Crippen LogP contribution in [0.1, 0.15) is 79.2 Å². The molecule has 0 aliphatic heterocycles. The van der Waals surface area contributed by atoms with E-state index in [1.807, 2.05) is 0 Å².